The Hall–Kier alpha value is -2.76. The summed E-state index contributed by atoms with van der Waals surface area (Å²) >= 11 is 0. The van der Waals surface area contributed by atoms with Crippen LogP contribution in [0.15, 0.2) is 36.4 Å². The van der Waals surface area contributed by atoms with E-state index in [0.29, 0.717) is 11.8 Å². The molecule has 0 saturated carbocycles. The number of carbonyl (C=O) groups excluding carboxylic acids is 2. The summed E-state index contributed by atoms with van der Waals surface area (Å²) in [5.41, 5.74) is 2.38. The van der Waals surface area contributed by atoms with E-state index in [9.17, 15) is 18.4 Å². The minimum Gasteiger partial charge on any atom is -0.325 e. The van der Waals surface area contributed by atoms with E-state index in [4.69, 9.17) is 0 Å². The average Bonchev–Trinajstić information content (AvgIpc) is 2.52. The number of rotatable bonds is 5. The first-order chi connectivity index (χ1) is 11.4. The predicted octanol–water partition coefficient (Wildman–Crippen LogP) is 3.80. The highest BCUT2D eigenvalue weighted by Gasteiger charge is 2.14. The van der Waals surface area contributed by atoms with Crippen LogP contribution in [-0.4, -0.2) is 11.8 Å². The van der Waals surface area contributed by atoms with E-state index in [-0.39, 0.29) is 5.69 Å². The fourth-order valence-corrected chi connectivity index (χ4v) is 2.32. The first-order valence-electron chi connectivity index (χ1n) is 7.54. The Labute approximate surface area is 138 Å². The summed E-state index contributed by atoms with van der Waals surface area (Å²) in [7, 11) is 0. The molecular formula is C18H18F2N2O2. The first-order valence-corrected chi connectivity index (χ1v) is 7.54. The Kier molecular flexibility index (Phi) is 5.63. The molecule has 0 aliphatic heterocycles. The van der Waals surface area contributed by atoms with Gasteiger partial charge in [-0.05, 0) is 36.6 Å². The molecule has 2 rings (SSSR count). The molecule has 0 atom stereocenters. The normalized spacial score (nSPS) is 10.3. The molecule has 2 aromatic carbocycles. The van der Waals surface area contributed by atoms with Gasteiger partial charge in [0.25, 0.3) is 0 Å². The molecule has 0 radical (unpaired) electrons. The van der Waals surface area contributed by atoms with Crippen LogP contribution in [0.1, 0.15) is 24.5 Å². The summed E-state index contributed by atoms with van der Waals surface area (Å²) in [5, 5.41) is 4.97. The minimum absolute atomic E-state index is 0.167. The number of para-hydroxylation sites is 1. The van der Waals surface area contributed by atoms with Gasteiger partial charge in [0.05, 0.1) is 5.69 Å². The second kappa shape index (κ2) is 7.68. The Balaban J connectivity index is 2.01. The molecule has 4 nitrogen and oxygen atoms in total. The zero-order valence-electron chi connectivity index (χ0n) is 13.5. The third kappa shape index (κ3) is 4.38. The second-order valence-electron chi connectivity index (χ2n) is 5.36. The van der Waals surface area contributed by atoms with Crippen molar-refractivity contribution in [3.05, 3.63) is 59.2 Å². The van der Waals surface area contributed by atoms with Crippen molar-refractivity contribution in [3.63, 3.8) is 0 Å². The molecule has 0 bridgehead atoms. The van der Waals surface area contributed by atoms with Gasteiger partial charge < -0.3 is 10.6 Å². The number of anilines is 2. The van der Waals surface area contributed by atoms with Crippen molar-refractivity contribution >= 4 is 23.2 Å². The molecule has 0 fully saturated rings. The van der Waals surface area contributed by atoms with Crippen LogP contribution in [0.5, 0.6) is 0 Å². The average molecular weight is 332 g/mol. The second-order valence-corrected chi connectivity index (χ2v) is 5.36. The van der Waals surface area contributed by atoms with Crippen molar-refractivity contribution in [2.24, 2.45) is 0 Å². The van der Waals surface area contributed by atoms with Crippen LogP contribution >= 0.6 is 0 Å². The summed E-state index contributed by atoms with van der Waals surface area (Å²) in [5.74, 6) is -2.81. The number of hydrogen-bond acceptors (Lipinski definition) is 2. The van der Waals surface area contributed by atoms with Gasteiger partial charge in [-0.3, -0.25) is 9.59 Å². The zero-order valence-corrected chi connectivity index (χ0v) is 13.5. The molecule has 2 aromatic rings. The first kappa shape index (κ1) is 17.6. The molecule has 6 heteroatoms. The Morgan fingerprint density at radius 3 is 2.42 bits per heavy atom. The van der Waals surface area contributed by atoms with Crippen LogP contribution in [0.2, 0.25) is 0 Å². The molecular weight excluding hydrogens is 314 g/mol. The summed E-state index contributed by atoms with van der Waals surface area (Å²) in [6, 6.07) is 8.46. The van der Waals surface area contributed by atoms with E-state index in [0.717, 1.165) is 29.7 Å². The third-order valence-corrected chi connectivity index (χ3v) is 3.53. The van der Waals surface area contributed by atoms with Crippen LogP contribution < -0.4 is 10.6 Å². The highest BCUT2D eigenvalue weighted by Crippen LogP contribution is 2.21. The Morgan fingerprint density at radius 1 is 1.04 bits per heavy atom. The number of nitrogens with one attached hydrogen (secondary N) is 2. The van der Waals surface area contributed by atoms with Gasteiger partial charge in [-0.15, -0.1) is 0 Å². The van der Waals surface area contributed by atoms with Crippen LogP contribution in [0.4, 0.5) is 20.2 Å². The molecule has 0 aliphatic carbocycles. The molecule has 0 spiro atoms. The van der Waals surface area contributed by atoms with Gasteiger partial charge in [-0.2, -0.15) is 0 Å². The van der Waals surface area contributed by atoms with Crippen molar-refractivity contribution in [1.29, 1.82) is 0 Å². The standard InChI is InChI=1S/C18H18F2N2O2/c1-3-12-6-4-5-11(2)18(12)22-17(24)10-16(23)21-15-8-7-13(19)9-14(15)20/h4-9H,3,10H2,1-2H3,(H,21,23)(H,22,24). The number of aryl methyl sites for hydroxylation is 2. The summed E-state index contributed by atoms with van der Waals surface area (Å²) < 4.78 is 26.3. The molecule has 0 unspecified atom stereocenters. The maximum Gasteiger partial charge on any atom is 0.233 e. The number of halogens is 2. The van der Waals surface area contributed by atoms with Crippen molar-refractivity contribution < 1.29 is 18.4 Å². The molecule has 126 valence electrons. The van der Waals surface area contributed by atoms with Crippen LogP contribution in [0.25, 0.3) is 0 Å². The van der Waals surface area contributed by atoms with Crippen LogP contribution in [0.3, 0.4) is 0 Å². The third-order valence-electron chi connectivity index (χ3n) is 3.53. The van der Waals surface area contributed by atoms with Crippen molar-refractivity contribution in [3.8, 4) is 0 Å². The number of hydrogen-bond donors (Lipinski definition) is 2. The number of carbonyl (C=O) groups is 2. The predicted molar refractivity (Wildman–Crippen MR) is 88.8 cm³/mol. The molecule has 2 N–H and O–H groups in total. The smallest absolute Gasteiger partial charge is 0.233 e. The quantitative estimate of drug-likeness (QED) is 0.818. The molecule has 0 heterocycles. The maximum atomic E-state index is 13.5. The van der Waals surface area contributed by atoms with E-state index in [1.807, 2.05) is 32.0 Å². The summed E-state index contributed by atoms with van der Waals surface area (Å²) in [6.07, 6.45) is 0.276. The van der Waals surface area contributed by atoms with E-state index in [1.165, 1.54) is 0 Å². The van der Waals surface area contributed by atoms with Crippen molar-refractivity contribution in [2.45, 2.75) is 26.7 Å². The SMILES string of the molecule is CCc1cccc(C)c1NC(=O)CC(=O)Nc1ccc(F)cc1F. The lowest BCUT2D eigenvalue weighted by atomic mass is 10.1. The summed E-state index contributed by atoms with van der Waals surface area (Å²) in [6.45, 7) is 3.83. The van der Waals surface area contributed by atoms with Gasteiger partial charge in [0.2, 0.25) is 11.8 Å². The van der Waals surface area contributed by atoms with E-state index in [1.54, 1.807) is 0 Å². The minimum atomic E-state index is -0.893. The zero-order chi connectivity index (χ0) is 17.7. The van der Waals surface area contributed by atoms with E-state index < -0.39 is 29.9 Å². The summed E-state index contributed by atoms with van der Waals surface area (Å²) in [4.78, 5) is 23.9. The van der Waals surface area contributed by atoms with Crippen molar-refractivity contribution in [1.82, 2.24) is 0 Å². The van der Waals surface area contributed by atoms with E-state index >= 15 is 0 Å². The van der Waals surface area contributed by atoms with Crippen LogP contribution in [0, 0.1) is 18.6 Å². The lowest BCUT2D eigenvalue weighted by molar-refractivity contribution is -0.123. The van der Waals surface area contributed by atoms with E-state index in [2.05, 4.69) is 10.6 Å². The molecule has 0 aromatic heterocycles. The fraction of sp³-hybridized carbons (Fsp3) is 0.222. The largest absolute Gasteiger partial charge is 0.325 e. The monoisotopic (exact) mass is 332 g/mol. The van der Waals surface area contributed by atoms with Crippen molar-refractivity contribution in [2.75, 3.05) is 10.6 Å². The lowest BCUT2D eigenvalue weighted by Gasteiger charge is -2.13. The van der Waals surface area contributed by atoms with Gasteiger partial charge in [0.15, 0.2) is 0 Å². The number of amides is 2. The van der Waals surface area contributed by atoms with Gasteiger partial charge in [0.1, 0.15) is 18.1 Å². The molecule has 0 aliphatic rings. The molecule has 2 amide bonds. The maximum absolute atomic E-state index is 13.5. The topological polar surface area (TPSA) is 58.2 Å². The van der Waals surface area contributed by atoms with Gasteiger partial charge in [0, 0.05) is 11.8 Å². The lowest BCUT2D eigenvalue weighted by Crippen LogP contribution is -2.22. The number of benzene rings is 2. The van der Waals surface area contributed by atoms with Crippen LogP contribution in [-0.2, 0) is 16.0 Å². The van der Waals surface area contributed by atoms with Gasteiger partial charge >= 0.3 is 0 Å². The van der Waals surface area contributed by atoms with Gasteiger partial charge in [-0.25, -0.2) is 8.78 Å². The Bertz CT molecular complexity index is 776. The highest BCUT2D eigenvalue weighted by atomic mass is 19.1. The molecule has 24 heavy (non-hydrogen) atoms. The fourth-order valence-electron chi connectivity index (χ4n) is 2.32. The highest BCUT2D eigenvalue weighted by molar-refractivity contribution is 6.08. The van der Waals surface area contributed by atoms with Gasteiger partial charge in [-0.1, -0.05) is 25.1 Å². The molecule has 0 saturated heterocycles. The Morgan fingerprint density at radius 2 is 1.75 bits per heavy atom.